The van der Waals surface area contributed by atoms with Crippen LogP contribution in [-0.4, -0.2) is 57.7 Å². The molecule has 152 valence electrons. The SMILES string of the molecule is CCCc1nn(C)c2c(N3CCS(=O)(=O)CC3)nc(/C=C/c3cccnc3)nc12. The molecule has 0 bridgehead atoms. The summed E-state index contributed by atoms with van der Waals surface area (Å²) in [5.41, 5.74) is 3.58. The van der Waals surface area contributed by atoms with Crippen molar-refractivity contribution in [3.05, 3.63) is 41.6 Å². The molecule has 1 aliphatic heterocycles. The molecule has 0 radical (unpaired) electrons. The van der Waals surface area contributed by atoms with Gasteiger partial charge in [-0.1, -0.05) is 19.4 Å². The third-order valence-electron chi connectivity index (χ3n) is 4.99. The highest BCUT2D eigenvalue weighted by Gasteiger charge is 2.26. The highest BCUT2D eigenvalue weighted by molar-refractivity contribution is 7.91. The number of pyridine rings is 1. The molecule has 0 amide bonds. The van der Waals surface area contributed by atoms with E-state index < -0.39 is 9.84 Å². The van der Waals surface area contributed by atoms with Gasteiger partial charge in [0.2, 0.25) is 0 Å². The van der Waals surface area contributed by atoms with E-state index in [1.54, 1.807) is 12.4 Å². The quantitative estimate of drug-likeness (QED) is 0.633. The summed E-state index contributed by atoms with van der Waals surface area (Å²) in [6, 6.07) is 3.84. The van der Waals surface area contributed by atoms with E-state index in [-0.39, 0.29) is 11.5 Å². The van der Waals surface area contributed by atoms with Gasteiger partial charge in [-0.05, 0) is 30.2 Å². The van der Waals surface area contributed by atoms with Crippen molar-refractivity contribution in [2.24, 2.45) is 7.05 Å². The molecular weight excluding hydrogens is 388 g/mol. The average molecular weight is 413 g/mol. The van der Waals surface area contributed by atoms with E-state index in [4.69, 9.17) is 9.97 Å². The van der Waals surface area contributed by atoms with Crippen molar-refractivity contribution in [1.29, 1.82) is 0 Å². The van der Waals surface area contributed by atoms with Crippen molar-refractivity contribution < 1.29 is 8.42 Å². The molecule has 0 spiro atoms. The second kappa shape index (κ2) is 7.90. The third-order valence-corrected chi connectivity index (χ3v) is 6.60. The first-order valence-corrected chi connectivity index (χ1v) is 11.6. The van der Waals surface area contributed by atoms with Gasteiger partial charge >= 0.3 is 0 Å². The van der Waals surface area contributed by atoms with Gasteiger partial charge in [0.25, 0.3) is 0 Å². The number of aromatic nitrogens is 5. The molecule has 3 aromatic heterocycles. The molecule has 0 unspecified atom stereocenters. The summed E-state index contributed by atoms with van der Waals surface area (Å²) < 4.78 is 25.6. The molecule has 1 aliphatic rings. The van der Waals surface area contributed by atoms with Gasteiger partial charge in [-0.3, -0.25) is 9.67 Å². The van der Waals surface area contributed by atoms with Gasteiger partial charge in [-0.15, -0.1) is 0 Å². The van der Waals surface area contributed by atoms with Gasteiger partial charge in [0.15, 0.2) is 21.5 Å². The summed E-state index contributed by atoms with van der Waals surface area (Å²) in [6.07, 6.45) is 9.09. The number of sulfone groups is 1. The fourth-order valence-electron chi connectivity index (χ4n) is 3.51. The van der Waals surface area contributed by atoms with Crippen LogP contribution in [0, 0.1) is 0 Å². The number of nitrogens with zero attached hydrogens (tertiary/aromatic N) is 6. The van der Waals surface area contributed by atoms with Crippen LogP contribution in [0.15, 0.2) is 24.5 Å². The normalized spacial score (nSPS) is 16.7. The monoisotopic (exact) mass is 412 g/mol. The zero-order valence-electron chi connectivity index (χ0n) is 16.6. The molecule has 0 aromatic carbocycles. The lowest BCUT2D eigenvalue weighted by molar-refractivity contribution is 0.586. The van der Waals surface area contributed by atoms with Crippen LogP contribution < -0.4 is 4.90 Å². The third kappa shape index (κ3) is 4.14. The smallest absolute Gasteiger partial charge is 0.159 e. The maximum atomic E-state index is 11.9. The Bertz CT molecular complexity index is 1140. The van der Waals surface area contributed by atoms with Gasteiger partial charge in [-0.25, -0.2) is 18.4 Å². The molecule has 0 N–H and O–H groups in total. The molecule has 3 aromatic rings. The number of fused-ring (bicyclic) bond motifs is 1. The molecule has 1 saturated heterocycles. The minimum atomic E-state index is -2.98. The van der Waals surface area contributed by atoms with E-state index in [0.717, 1.165) is 41.0 Å². The molecule has 1 fully saturated rings. The largest absolute Gasteiger partial charge is 0.353 e. The first kappa shape index (κ1) is 19.5. The molecule has 4 rings (SSSR count). The van der Waals surface area contributed by atoms with E-state index in [0.29, 0.717) is 18.9 Å². The lowest BCUT2D eigenvalue weighted by Gasteiger charge is -2.28. The van der Waals surface area contributed by atoms with Crippen LogP contribution in [0.4, 0.5) is 5.82 Å². The summed E-state index contributed by atoms with van der Waals surface area (Å²) in [7, 11) is -1.09. The minimum Gasteiger partial charge on any atom is -0.353 e. The van der Waals surface area contributed by atoms with Gasteiger partial charge in [0.05, 0.1) is 17.2 Å². The zero-order chi connectivity index (χ0) is 20.4. The Hall–Kier alpha value is -2.81. The Morgan fingerprint density at radius 3 is 2.66 bits per heavy atom. The van der Waals surface area contributed by atoms with Crippen molar-refractivity contribution in [3.8, 4) is 0 Å². The molecule has 4 heterocycles. The van der Waals surface area contributed by atoms with Gasteiger partial charge in [0, 0.05) is 32.5 Å². The van der Waals surface area contributed by atoms with Crippen LogP contribution in [0.2, 0.25) is 0 Å². The number of hydrogen-bond acceptors (Lipinski definition) is 7. The fraction of sp³-hybridized carbons (Fsp3) is 0.400. The number of rotatable bonds is 5. The summed E-state index contributed by atoms with van der Waals surface area (Å²) in [4.78, 5) is 15.7. The lowest BCUT2D eigenvalue weighted by Crippen LogP contribution is -2.41. The second-order valence-electron chi connectivity index (χ2n) is 7.18. The summed E-state index contributed by atoms with van der Waals surface area (Å²) in [5, 5.41) is 4.66. The fourth-order valence-corrected chi connectivity index (χ4v) is 4.71. The van der Waals surface area contributed by atoms with Crippen LogP contribution in [0.25, 0.3) is 23.2 Å². The standard InChI is InChI=1S/C20H24N6O2S/c1-3-5-16-18-19(25(2)24-16)20(26-10-12-29(27,28)13-11-26)23-17(22-18)8-7-15-6-4-9-21-14-15/h4,6-9,14H,3,5,10-13H2,1-2H3/b8-7+. The predicted octanol–water partition coefficient (Wildman–Crippen LogP) is 2.12. The van der Waals surface area contributed by atoms with Crippen LogP contribution in [-0.2, 0) is 23.3 Å². The highest BCUT2D eigenvalue weighted by Crippen LogP contribution is 2.28. The molecule has 29 heavy (non-hydrogen) atoms. The van der Waals surface area contributed by atoms with Gasteiger partial charge < -0.3 is 4.90 Å². The first-order valence-electron chi connectivity index (χ1n) is 9.74. The zero-order valence-corrected chi connectivity index (χ0v) is 17.4. The van der Waals surface area contributed by atoms with Crippen molar-refractivity contribution in [2.75, 3.05) is 29.5 Å². The van der Waals surface area contributed by atoms with Crippen molar-refractivity contribution >= 4 is 38.8 Å². The van der Waals surface area contributed by atoms with Crippen LogP contribution in [0.3, 0.4) is 0 Å². The van der Waals surface area contributed by atoms with Crippen LogP contribution in [0.5, 0.6) is 0 Å². The Morgan fingerprint density at radius 2 is 1.97 bits per heavy atom. The Labute approximate surface area is 170 Å². The average Bonchev–Trinajstić information content (AvgIpc) is 3.02. The second-order valence-corrected chi connectivity index (χ2v) is 9.49. The summed E-state index contributed by atoms with van der Waals surface area (Å²) in [5.74, 6) is 1.60. The first-order chi connectivity index (χ1) is 14.0. The molecular formula is C20H24N6O2S. The van der Waals surface area contributed by atoms with Gasteiger partial charge in [0.1, 0.15) is 11.0 Å². The van der Waals surface area contributed by atoms with Crippen LogP contribution >= 0.6 is 0 Å². The maximum absolute atomic E-state index is 11.9. The Morgan fingerprint density at radius 1 is 1.17 bits per heavy atom. The van der Waals surface area contributed by atoms with E-state index in [2.05, 4.69) is 17.0 Å². The maximum Gasteiger partial charge on any atom is 0.159 e. The number of aryl methyl sites for hydroxylation is 2. The number of anilines is 1. The summed E-state index contributed by atoms with van der Waals surface area (Å²) in [6.45, 7) is 2.96. The van der Waals surface area contributed by atoms with Crippen molar-refractivity contribution in [2.45, 2.75) is 19.8 Å². The van der Waals surface area contributed by atoms with Crippen molar-refractivity contribution in [1.82, 2.24) is 24.7 Å². The minimum absolute atomic E-state index is 0.138. The Balaban J connectivity index is 1.80. The highest BCUT2D eigenvalue weighted by atomic mass is 32.2. The van der Waals surface area contributed by atoms with E-state index in [1.807, 2.05) is 40.9 Å². The van der Waals surface area contributed by atoms with Gasteiger partial charge in [-0.2, -0.15) is 5.10 Å². The van der Waals surface area contributed by atoms with E-state index in [9.17, 15) is 8.42 Å². The molecule has 0 atom stereocenters. The predicted molar refractivity (Wildman–Crippen MR) is 114 cm³/mol. The topological polar surface area (TPSA) is 93.9 Å². The lowest BCUT2D eigenvalue weighted by atomic mass is 10.2. The molecule has 0 saturated carbocycles. The van der Waals surface area contributed by atoms with Crippen LogP contribution in [0.1, 0.15) is 30.4 Å². The van der Waals surface area contributed by atoms with Crippen molar-refractivity contribution in [3.63, 3.8) is 0 Å². The molecule has 0 aliphatic carbocycles. The molecule has 8 nitrogen and oxygen atoms in total. The summed E-state index contributed by atoms with van der Waals surface area (Å²) >= 11 is 0. The Kier molecular flexibility index (Phi) is 5.31. The molecule has 9 heteroatoms. The van der Waals surface area contributed by atoms with E-state index in [1.165, 1.54) is 0 Å². The van der Waals surface area contributed by atoms with E-state index >= 15 is 0 Å². The number of hydrogen-bond donors (Lipinski definition) is 0.